The van der Waals surface area contributed by atoms with Crippen molar-refractivity contribution in [3.8, 4) is 0 Å². The van der Waals surface area contributed by atoms with Gasteiger partial charge in [-0.25, -0.2) is 0 Å². The fraction of sp³-hybridized carbons (Fsp3) is 0.263. The molecular formula is C19H18F3N3O2. The second kappa shape index (κ2) is 7.30. The molecule has 1 aromatic carbocycles. The molecule has 27 heavy (non-hydrogen) atoms. The standard InChI is InChI=1S/C19H18F3N3O2/c1-12-9-13(2)25(24-12)11-15-7-8-17(27-15)18(26)23-10-14-5-3-4-6-16(14)19(20,21)22/h3-9H,10-11H2,1-2H3,(H,23,26). The van der Waals surface area contributed by atoms with Gasteiger partial charge in [0.05, 0.1) is 17.8 Å². The van der Waals surface area contributed by atoms with E-state index in [-0.39, 0.29) is 17.9 Å². The summed E-state index contributed by atoms with van der Waals surface area (Å²) in [5.74, 6) is -0.00958. The van der Waals surface area contributed by atoms with Gasteiger partial charge in [0.1, 0.15) is 5.76 Å². The SMILES string of the molecule is Cc1cc(C)n(Cc2ccc(C(=O)NCc3ccccc3C(F)(F)F)o2)n1. The zero-order valence-electron chi connectivity index (χ0n) is 14.8. The highest BCUT2D eigenvalue weighted by Crippen LogP contribution is 2.31. The zero-order chi connectivity index (χ0) is 19.6. The second-order valence-corrected chi connectivity index (χ2v) is 6.19. The number of nitrogens with one attached hydrogen (secondary N) is 1. The van der Waals surface area contributed by atoms with Gasteiger partial charge in [0.2, 0.25) is 0 Å². The minimum Gasteiger partial charge on any atom is -0.454 e. The molecule has 0 bridgehead atoms. The van der Waals surface area contributed by atoms with Crippen LogP contribution in [0.15, 0.2) is 46.9 Å². The van der Waals surface area contributed by atoms with Crippen molar-refractivity contribution in [1.29, 1.82) is 0 Å². The molecule has 0 atom stereocenters. The first-order valence-corrected chi connectivity index (χ1v) is 8.27. The number of benzene rings is 1. The van der Waals surface area contributed by atoms with Gasteiger partial charge in [-0.2, -0.15) is 18.3 Å². The second-order valence-electron chi connectivity index (χ2n) is 6.19. The van der Waals surface area contributed by atoms with Gasteiger partial charge < -0.3 is 9.73 Å². The lowest BCUT2D eigenvalue weighted by Gasteiger charge is -2.12. The smallest absolute Gasteiger partial charge is 0.416 e. The number of aryl methyl sites for hydroxylation is 2. The molecular weight excluding hydrogens is 359 g/mol. The fourth-order valence-corrected chi connectivity index (χ4v) is 2.78. The Morgan fingerprint density at radius 2 is 1.93 bits per heavy atom. The number of aromatic nitrogens is 2. The van der Waals surface area contributed by atoms with Crippen molar-refractivity contribution in [3.63, 3.8) is 0 Å². The molecule has 0 fully saturated rings. The Morgan fingerprint density at radius 1 is 1.19 bits per heavy atom. The van der Waals surface area contributed by atoms with Gasteiger partial charge in [-0.15, -0.1) is 0 Å². The summed E-state index contributed by atoms with van der Waals surface area (Å²) in [7, 11) is 0. The predicted octanol–water partition coefficient (Wildman–Crippen LogP) is 4.09. The molecule has 1 N–H and O–H groups in total. The summed E-state index contributed by atoms with van der Waals surface area (Å²) in [5, 5.41) is 6.78. The summed E-state index contributed by atoms with van der Waals surface area (Å²) < 4.78 is 46.3. The Bertz CT molecular complexity index is 957. The molecule has 1 amide bonds. The maximum Gasteiger partial charge on any atom is 0.416 e. The third-order valence-electron chi connectivity index (χ3n) is 4.06. The molecule has 2 heterocycles. The van der Waals surface area contributed by atoms with Crippen LogP contribution in [-0.4, -0.2) is 15.7 Å². The van der Waals surface area contributed by atoms with Crippen LogP contribution in [0.4, 0.5) is 13.2 Å². The van der Waals surface area contributed by atoms with Crippen LogP contribution in [0, 0.1) is 13.8 Å². The number of carbonyl (C=O) groups is 1. The largest absolute Gasteiger partial charge is 0.454 e. The molecule has 0 unspecified atom stereocenters. The Morgan fingerprint density at radius 3 is 2.59 bits per heavy atom. The van der Waals surface area contributed by atoms with Gasteiger partial charge in [0.25, 0.3) is 5.91 Å². The number of nitrogens with zero attached hydrogens (tertiary/aromatic N) is 2. The molecule has 8 heteroatoms. The molecule has 3 rings (SSSR count). The quantitative estimate of drug-likeness (QED) is 0.729. The van der Waals surface area contributed by atoms with Crippen LogP contribution >= 0.6 is 0 Å². The molecule has 0 spiro atoms. The molecule has 0 saturated carbocycles. The number of alkyl halides is 3. The van der Waals surface area contributed by atoms with Crippen LogP contribution in [0.3, 0.4) is 0 Å². The van der Waals surface area contributed by atoms with E-state index in [0.29, 0.717) is 12.3 Å². The van der Waals surface area contributed by atoms with Crippen LogP contribution in [0.25, 0.3) is 0 Å². The van der Waals surface area contributed by atoms with Crippen molar-refractivity contribution in [2.45, 2.75) is 33.1 Å². The van der Waals surface area contributed by atoms with Gasteiger partial charge in [0, 0.05) is 12.2 Å². The topological polar surface area (TPSA) is 60.1 Å². The van der Waals surface area contributed by atoms with E-state index < -0.39 is 17.6 Å². The van der Waals surface area contributed by atoms with E-state index in [2.05, 4.69) is 10.4 Å². The van der Waals surface area contributed by atoms with E-state index in [1.807, 2.05) is 19.9 Å². The fourth-order valence-electron chi connectivity index (χ4n) is 2.78. The molecule has 0 aliphatic rings. The summed E-state index contributed by atoms with van der Waals surface area (Å²) in [4.78, 5) is 12.2. The summed E-state index contributed by atoms with van der Waals surface area (Å²) in [6, 6.07) is 10.2. The predicted molar refractivity (Wildman–Crippen MR) is 92.1 cm³/mol. The Hall–Kier alpha value is -3.03. The highest BCUT2D eigenvalue weighted by atomic mass is 19.4. The minimum atomic E-state index is -4.47. The maximum absolute atomic E-state index is 13.0. The van der Waals surface area contributed by atoms with Crippen molar-refractivity contribution in [2.75, 3.05) is 0 Å². The van der Waals surface area contributed by atoms with E-state index in [1.54, 1.807) is 10.7 Å². The normalized spacial score (nSPS) is 11.6. The number of hydrogen-bond donors (Lipinski definition) is 1. The Labute approximate surface area is 153 Å². The van der Waals surface area contributed by atoms with Crippen molar-refractivity contribution in [3.05, 3.63) is 76.5 Å². The van der Waals surface area contributed by atoms with Crippen molar-refractivity contribution >= 4 is 5.91 Å². The first-order chi connectivity index (χ1) is 12.7. The molecule has 3 aromatic rings. The highest BCUT2D eigenvalue weighted by Gasteiger charge is 2.32. The summed E-state index contributed by atoms with van der Waals surface area (Å²) in [5.41, 5.74) is 1.06. The molecule has 5 nitrogen and oxygen atoms in total. The van der Waals surface area contributed by atoms with Crippen LogP contribution in [-0.2, 0) is 19.3 Å². The van der Waals surface area contributed by atoms with Gasteiger partial charge >= 0.3 is 6.18 Å². The van der Waals surface area contributed by atoms with E-state index in [9.17, 15) is 18.0 Å². The van der Waals surface area contributed by atoms with Gasteiger partial charge in [-0.05, 0) is 43.7 Å². The molecule has 0 radical (unpaired) electrons. The highest BCUT2D eigenvalue weighted by molar-refractivity contribution is 5.91. The number of rotatable bonds is 5. The number of hydrogen-bond acceptors (Lipinski definition) is 3. The average molecular weight is 377 g/mol. The number of carbonyl (C=O) groups excluding carboxylic acids is 1. The number of amides is 1. The van der Waals surface area contributed by atoms with Crippen LogP contribution < -0.4 is 5.32 Å². The molecule has 0 saturated heterocycles. The first kappa shape index (κ1) is 18.8. The Kier molecular flexibility index (Phi) is 5.07. The van der Waals surface area contributed by atoms with Crippen molar-refractivity contribution in [2.24, 2.45) is 0 Å². The van der Waals surface area contributed by atoms with Crippen LogP contribution in [0.1, 0.15) is 38.8 Å². The van der Waals surface area contributed by atoms with Crippen LogP contribution in [0.5, 0.6) is 0 Å². The van der Waals surface area contributed by atoms with Gasteiger partial charge in [0.15, 0.2) is 5.76 Å². The molecule has 142 valence electrons. The van der Waals surface area contributed by atoms with Gasteiger partial charge in [-0.1, -0.05) is 18.2 Å². The lowest BCUT2D eigenvalue weighted by molar-refractivity contribution is -0.138. The first-order valence-electron chi connectivity index (χ1n) is 8.27. The minimum absolute atomic E-state index is 0.00669. The Balaban J connectivity index is 1.66. The van der Waals surface area contributed by atoms with E-state index in [0.717, 1.165) is 17.5 Å². The summed E-state index contributed by atoms with van der Waals surface area (Å²) in [6.45, 7) is 3.91. The lowest BCUT2D eigenvalue weighted by Crippen LogP contribution is -2.24. The summed E-state index contributed by atoms with van der Waals surface area (Å²) in [6.07, 6.45) is -4.47. The number of halogens is 3. The third-order valence-corrected chi connectivity index (χ3v) is 4.06. The summed E-state index contributed by atoms with van der Waals surface area (Å²) >= 11 is 0. The molecule has 0 aliphatic heterocycles. The van der Waals surface area contributed by atoms with Gasteiger partial charge in [-0.3, -0.25) is 9.48 Å². The number of furan rings is 1. The van der Waals surface area contributed by atoms with E-state index in [1.165, 1.54) is 24.3 Å². The monoisotopic (exact) mass is 377 g/mol. The molecule has 0 aliphatic carbocycles. The third kappa shape index (κ3) is 4.39. The van der Waals surface area contributed by atoms with E-state index in [4.69, 9.17) is 4.42 Å². The average Bonchev–Trinajstić information content (AvgIpc) is 3.19. The maximum atomic E-state index is 13.0. The van der Waals surface area contributed by atoms with Crippen LogP contribution in [0.2, 0.25) is 0 Å². The van der Waals surface area contributed by atoms with Crippen molar-refractivity contribution < 1.29 is 22.4 Å². The van der Waals surface area contributed by atoms with Crippen molar-refractivity contribution in [1.82, 2.24) is 15.1 Å². The lowest BCUT2D eigenvalue weighted by atomic mass is 10.1. The zero-order valence-corrected chi connectivity index (χ0v) is 14.8. The van der Waals surface area contributed by atoms with E-state index >= 15 is 0 Å². The molecule has 2 aromatic heterocycles.